The first-order valence-corrected chi connectivity index (χ1v) is 16.5. The van der Waals surface area contributed by atoms with Gasteiger partial charge < -0.3 is 24.8 Å². The van der Waals surface area contributed by atoms with Gasteiger partial charge in [0.2, 0.25) is 11.8 Å². The molecule has 3 unspecified atom stereocenters. The van der Waals surface area contributed by atoms with Gasteiger partial charge in [-0.05, 0) is 81.8 Å². The largest absolute Gasteiger partial charge is 0.497 e. The van der Waals surface area contributed by atoms with Gasteiger partial charge in [-0.25, -0.2) is 14.8 Å². The van der Waals surface area contributed by atoms with Crippen molar-refractivity contribution in [2.75, 3.05) is 20.2 Å². The maximum absolute atomic E-state index is 15.5. The van der Waals surface area contributed by atoms with Gasteiger partial charge in [0.15, 0.2) is 11.5 Å². The van der Waals surface area contributed by atoms with Crippen LogP contribution in [0.25, 0.3) is 11.0 Å². The lowest BCUT2D eigenvalue weighted by Crippen LogP contribution is -2.49. The van der Waals surface area contributed by atoms with Crippen molar-refractivity contribution in [3.8, 4) is 11.6 Å². The molecule has 1 aliphatic heterocycles. The molecule has 2 N–H and O–H groups in total. The number of alkyl carbamates (subject to hydrolysis) is 1. The average Bonchev–Trinajstić information content (AvgIpc) is 3.55. The van der Waals surface area contributed by atoms with Crippen LogP contribution in [0.5, 0.6) is 11.6 Å². The van der Waals surface area contributed by atoms with E-state index in [2.05, 4.69) is 15.3 Å². The number of amides is 2. The molecule has 2 amide bonds. The zero-order valence-electron chi connectivity index (χ0n) is 27.4. The molecule has 1 aromatic heterocycles. The van der Waals surface area contributed by atoms with Crippen LogP contribution in [0.15, 0.2) is 18.2 Å². The fourth-order valence-electron chi connectivity index (χ4n) is 7.56. The number of ketones is 1. The number of aromatic hydroxyl groups is 1. The molecule has 10 nitrogen and oxygen atoms in total. The Morgan fingerprint density at radius 3 is 2.61 bits per heavy atom. The number of likely N-dealkylation sites (tertiary alicyclic amines) is 1. The van der Waals surface area contributed by atoms with Crippen LogP contribution in [0.3, 0.4) is 0 Å². The van der Waals surface area contributed by atoms with Crippen molar-refractivity contribution < 1.29 is 37.7 Å². The summed E-state index contributed by atoms with van der Waals surface area (Å²) < 4.78 is 42.1. The topological polar surface area (TPSA) is 131 Å². The van der Waals surface area contributed by atoms with Gasteiger partial charge in [-0.15, -0.1) is 0 Å². The van der Waals surface area contributed by atoms with E-state index in [0.29, 0.717) is 38.0 Å². The predicted molar refractivity (Wildman–Crippen MR) is 166 cm³/mol. The van der Waals surface area contributed by atoms with Crippen LogP contribution >= 0.6 is 0 Å². The summed E-state index contributed by atoms with van der Waals surface area (Å²) in [6.45, 7) is 7.79. The molecule has 1 saturated heterocycles. The number of rotatable bonds is 12. The van der Waals surface area contributed by atoms with Gasteiger partial charge in [-0.3, -0.25) is 9.59 Å². The number of alkyl halides is 2. The summed E-state index contributed by atoms with van der Waals surface area (Å²) in [7, 11) is 1.48. The van der Waals surface area contributed by atoms with Crippen LogP contribution in [-0.2, 0) is 20.2 Å². The van der Waals surface area contributed by atoms with Gasteiger partial charge in [0.05, 0.1) is 24.2 Å². The Kier molecular flexibility index (Phi) is 9.75. The molecule has 0 spiro atoms. The third-order valence-corrected chi connectivity index (χ3v) is 10.5. The van der Waals surface area contributed by atoms with Crippen LogP contribution in [0.2, 0.25) is 0 Å². The lowest BCUT2D eigenvalue weighted by molar-refractivity contribution is -0.139. The van der Waals surface area contributed by atoms with E-state index >= 15 is 8.78 Å². The Morgan fingerprint density at radius 1 is 1.15 bits per heavy atom. The quantitative estimate of drug-likeness (QED) is 0.288. The number of halogens is 2. The summed E-state index contributed by atoms with van der Waals surface area (Å²) in [6, 6.07) is 4.21. The number of ether oxygens (including phenoxy) is 2. The van der Waals surface area contributed by atoms with Gasteiger partial charge >= 0.3 is 6.09 Å². The number of carbonyl (C=O) groups is 3. The number of fused-ring (bicyclic) bond motifs is 1. The average molecular weight is 645 g/mol. The minimum absolute atomic E-state index is 0.00962. The monoisotopic (exact) mass is 644 g/mol. The summed E-state index contributed by atoms with van der Waals surface area (Å²) in [5.74, 6) is -5.21. The lowest BCUT2D eigenvalue weighted by atomic mass is 9.87. The van der Waals surface area contributed by atoms with E-state index in [4.69, 9.17) is 9.47 Å². The second kappa shape index (κ2) is 13.3. The summed E-state index contributed by atoms with van der Waals surface area (Å²) >= 11 is 0. The van der Waals surface area contributed by atoms with Gasteiger partial charge in [-0.1, -0.05) is 27.2 Å². The van der Waals surface area contributed by atoms with E-state index in [-0.39, 0.29) is 52.9 Å². The first kappa shape index (κ1) is 33.8. The zero-order valence-corrected chi connectivity index (χ0v) is 27.4. The van der Waals surface area contributed by atoms with Crippen molar-refractivity contribution in [3.63, 3.8) is 0 Å². The number of benzene rings is 1. The molecule has 0 bridgehead atoms. The highest BCUT2D eigenvalue weighted by Gasteiger charge is 2.58. The first-order valence-electron chi connectivity index (χ1n) is 16.5. The number of methoxy groups -OCH3 is 1. The lowest BCUT2D eigenvalue weighted by Gasteiger charge is -2.32. The number of aromatic nitrogens is 2. The van der Waals surface area contributed by atoms with Crippen LogP contribution < -0.4 is 10.1 Å². The molecule has 2 heterocycles. The highest BCUT2D eigenvalue weighted by atomic mass is 19.3. The number of hydrogen-bond donors (Lipinski definition) is 2. The van der Waals surface area contributed by atoms with Gasteiger partial charge in [-0.2, -0.15) is 8.78 Å². The second-order valence-corrected chi connectivity index (χ2v) is 13.7. The molecule has 3 fully saturated rings. The van der Waals surface area contributed by atoms with Crippen molar-refractivity contribution >= 4 is 28.8 Å². The molecule has 6 atom stereocenters. The summed E-state index contributed by atoms with van der Waals surface area (Å²) in [5, 5.41) is 13.0. The number of nitrogens with zero attached hydrogens (tertiary/aromatic N) is 3. The number of Topliss-reactive ketones (excluding diaryl/α,β-unsaturated/α-hetero) is 1. The van der Waals surface area contributed by atoms with Crippen LogP contribution in [0, 0.1) is 29.6 Å². The minimum atomic E-state index is -3.34. The predicted octanol–water partition coefficient (Wildman–Crippen LogP) is 5.99. The number of hydrogen-bond acceptors (Lipinski definition) is 8. The molecule has 46 heavy (non-hydrogen) atoms. The third-order valence-electron chi connectivity index (χ3n) is 10.5. The molecule has 0 radical (unpaired) electrons. The molecule has 2 aromatic rings. The molecule has 3 aliphatic rings. The van der Waals surface area contributed by atoms with Crippen LogP contribution in [0.1, 0.15) is 84.8 Å². The van der Waals surface area contributed by atoms with Gasteiger partial charge in [0.25, 0.3) is 5.92 Å². The molecule has 2 aliphatic carbocycles. The Morgan fingerprint density at radius 2 is 1.91 bits per heavy atom. The normalized spacial score (nSPS) is 27.7. The van der Waals surface area contributed by atoms with Crippen molar-refractivity contribution in [2.24, 2.45) is 29.6 Å². The molecule has 1 aromatic carbocycles. The van der Waals surface area contributed by atoms with E-state index in [9.17, 15) is 19.5 Å². The number of nitrogens with one attached hydrogen (secondary N) is 1. The molecular formula is C34H46F2N4O6. The van der Waals surface area contributed by atoms with Crippen LogP contribution in [-0.4, -0.2) is 69.6 Å². The minimum Gasteiger partial charge on any atom is -0.497 e. The Hall–Kier alpha value is -3.57. The second-order valence-electron chi connectivity index (χ2n) is 13.7. The fourth-order valence-corrected chi connectivity index (χ4v) is 7.56. The fraction of sp³-hybridized carbons (Fsp3) is 0.676. The van der Waals surface area contributed by atoms with Gasteiger partial charge in [0.1, 0.15) is 17.9 Å². The van der Waals surface area contributed by atoms with Crippen molar-refractivity contribution in [3.05, 3.63) is 23.9 Å². The zero-order chi connectivity index (χ0) is 33.4. The van der Waals surface area contributed by atoms with E-state index in [0.717, 1.165) is 25.7 Å². The maximum Gasteiger partial charge on any atom is 0.408 e. The molecule has 252 valence electrons. The first-order chi connectivity index (χ1) is 21.8. The van der Waals surface area contributed by atoms with Crippen molar-refractivity contribution in [2.45, 2.75) is 96.6 Å². The summed E-state index contributed by atoms with van der Waals surface area (Å²) in [4.78, 5) is 48.4. The smallest absolute Gasteiger partial charge is 0.408 e. The number of carbonyl (C=O) groups excluding carboxylic acids is 3. The standard InChI is InChI=1S/C34H46F2N4O6/c1-6-20-13-15-40(28(20)29(42)19(2)3)27(41)18-37-32(44)46-33(4)14-7-8-22(33)10-9-21-16-24(21)34(35,36)30-31(43)39-26-17-23(45-5)11-12-25(26)38-30/h11-12,17,19-22,24,28H,6-10,13-16,18H2,1-5H3,(H,37,44)(H,39,43)/t20-,21?,22+,24?,28+,33?/m1/s1. The van der Waals surface area contributed by atoms with Crippen molar-refractivity contribution in [1.29, 1.82) is 0 Å². The van der Waals surface area contributed by atoms with Crippen molar-refractivity contribution in [1.82, 2.24) is 20.2 Å². The molecular weight excluding hydrogens is 598 g/mol. The van der Waals surface area contributed by atoms with E-state index in [1.54, 1.807) is 11.0 Å². The molecule has 2 saturated carbocycles. The SMILES string of the molecule is CC[C@@H]1CCN(C(=O)CNC(=O)OC2(C)CCC[C@H]2CCC2CC2C(F)(F)c2nc3ccc(OC)cc3nc2O)[C@@H]1C(=O)C(C)C. The van der Waals surface area contributed by atoms with E-state index in [1.807, 2.05) is 27.7 Å². The Labute approximate surface area is 268 Å². The highest BCUT2D eigenvalue weighted by Crippen LogP contribution is 2.58. The van der Waals surface area contributed by atoms with Gasteiger partial charge in [0, 0.05) is 24.4 Å². The molecule has 5 rings (SSSR count). The van der Waals surface area contributed by atoms with E-state index < -0.39 is 41.2 Å². The van der Waals surface area contributed by atoms with E-state index in [1.165, 1.54) is 19.2 Å². The summed E-state index contributed by atoms with van der Waals surface area (Å²) in [5.41, 5.74) is -0.972. The Balaban J connectivity index is 1.13. The van der Waals surface area contributed by atoms with Crippen LogP contribution in [0.4, 0.5) is 13.6 Å². The third kappa shape index (κ3) is 6.76. The maximum atomic E-state index is 15.5. The Bertz CT molecular complexity index is 1470. The highest BCUT2D eigenvalue weighted by molar-refractivity contribution is 5.92. The molecule has 12 heteroatoms. The summed E-state index contributed by atoms with van der Waals surface area (Å²) in [6.07, 6.45) is 4.60.